The Morgan fingerprint density at radius 2 is 1.77 bits per heavy atom. The number of halogens is 4. The number of nitrogens with one attached hydrogen (secondary N) is 1. The first-order chi connectivity index (χ1) is 10.1. The van der Waals surface area contributed by atoms with Gasteiger partial charge in [-0.15, -0.1) is 12.4 Å². The maximum absolute atomic E-state index is 14.3. The highest BCUT2D eigenvalue weighted by molar-refractivity contribution is 9.10. The lowest BCUT2D eigenvalue weighted by Crippen LogP contribution is -2.45. The molecule has 1 atom stereocenters. The van der Waals surface area contributed by atoms with Crippen molar-refractivity contribution in [3.8, 4) is 0 Å². The molecule has 0 bridgehead atoms. The molecule has 6 heteroatoms. The summed E-state index contributed by atoms with van der Waals surface area (Å²) < 4.78 is 29.1. The molecule has 0 amide bonds. The molecule has 0 radical (unpaired) electrons. The topological polar surface area (TPSA) is 15.3 Å². The van der Waals surface area contributed by atoms with E-state index < -0.39 is 11.6 Å². The Bertz CT molecular complexity index is 444. The van der Waals surface area contributed by atoms with Gasteiger partial charge in [0.1, 0.15) is 11.6 Å². The zero-order valence-electron chi connectivity index (χ0n) is 12.9. The van der Waals surface area contributed by atoms with Gasteiger partial charge in [-0.05, 0) is 18.6 Å². The van der Waals surface area contributed by atoms with Crippen LogP contribution in [0, 0.1) is 11.6 Å². The zero-order valence-corrected chi connectivity index (χ0v) is 15.3. The predicted molar refractivity (Wildman–Crippen MR) is 92.6 cm³/mol. The summed E-state index contributed by atoms with van der Waals surface area (Å²) in [6.45, 7) is 5.58. The van der Waals surface area contributed by atoms with Crippen LogP contribution in [0.25, 0.3) is 0 Å². The zero-order chi connectivity index (χ0) is 15.2. The Morgan fingerprint density at radius 1 is 1.18 bits per heavy atom. The molecule has 1 fully saturated rings. The molecule has 0 aromatic heterocycles. The maximum atomic E-state index is 14.3. The Labute approximate surface area is 146 Å². The summed E-state index contributed by atoms with van der Waals surface area (Å²) in [6.07, 6.45) is 4.02. The van der Waals surface area contributed by atoms with Gasteiger partial charge in [-0.1, -0.05) is 42.1 Å². The minimum atomic E-state index is -0.443. The molecule has 22 heavy (non-hydrogen) atoms. The molecule has 1 aliphatic heterocycles. The Hall–Kier alpha value is -0.230. The molecule has 1 heterocycles. The van der Waals surface area contributed by atoms with Crippen LogP contribution in [0.3, 0.4) is 0 Å². The standard InChI is InChI=1S/C16H23BrF2N2.ClH/c1-2-3-4-5-15(21-8-6-20-7-9-21)16-13(18)10-12(17)11-14(16)19;/h10-11,15,20H,2-9H2,1H3;1H/t15-;/m1./s1. The van der Waals surface area contributed by atoms with Crippen molar-refractivity contribution in [2.45, 2.75) is 38.6 Å². The largest absolute Gasteiger partial charge is 0.314 e. The fraction of sp³-hybridized carbons (Fsp3) is 0.625. The molecule has 1 aromatic rings. The third-order valence-electron chi connectivity index (χ3n) is 4.05. The first-order valence-electron chi connectivity index (χ1n) is 7.72. The summed E-state index contributed by atoms with van der Waals surface area (Å²) in [4.78, 5) is 2.21. The van der Waals surface area contributed by atoms with Gasteiger partial charge in [-0.3, -0.25) is 4.90 Å². The van der Waals surface area contributed by atoms with Gasteiger partial charge in [0.15, 0.2) is 0 Å². The van der Waals surface area contributed by atoms with Crippen molar-refractivity contribution in [2.24, 2.45) is 0 Å². The SMILES string of the molecule is CCCCC[C@H](c1c(F)cc(Br)cc1F)N1CCNCC1.Cl. The highest BCUT2D eigenvalue weighted by atomic mass is 79.9. The first kappa shape index (κ1) is 19.8. The van der Waals surface area contributed by atoms with E-state index in [1.165, 1.54) is 12.1 Å². The second-order valence-electron chi connectivity index (χ2n) is 5.58. The quantitative estimate of drug-likeness (QED) is 0.701. The molecular formula is C16H24BrClF2N2. The second-order valence-corrected chi connectivity index (χ2v) is 6.50. The van der Waals surface area contributed by atoms with E-state index in [1.807, 2.05) is 0 Å². The fourth-order valence-corrected chi connectivity index (χ4v) is 3.36. The van der Waals surface area contributed by atoms with E-state index in [0.717, 1.165) is 51.9 Å². The van der Waals surface area contributed by atoms with Gasteiger partial charge in [0.2, 0.25) is 0 Å². The van der Waals surface area contributed by atoms with Crippen LogP contribution in [0.15, 0.2) is 16.6 Å². The second kappa shape index (κ2) is 9.81. The van der Waals surface area contributed by atoms with Crippen LogP contribution in [0.2, 0.25) is 0 Å². The summed E-state index contributed by atoms with van der Waals surface area (Å²) >= 11 is 3.15. The van der Waals surface area contributed by atoms with Gasteiger partial charge in [-0.25, -0.2) is 8.78 Å². The van der Waals surface area contributed by atoms with Crippen molar-refractivity contribution in [3.05, 3.63) is 33.8 Å². The van der Waals surface area contributed by atoms with Crippen LogP contribution in [0.4, 0.5) is 8.78 Å². The number of rotatable bonds is 6. The molecule has 2 nitrogen and oxygen atoms in total. The van der Waals surface area contributed by atoms with Crippen LogP contribution in [0.1, 0.15) is 44.2 Å². The fourth-order valence-electron chi connectivity index (χ4n) is 2.96. The summed E-state index contributed by atoms with van der Waals surface area (Å²) in [6, 6.07) is 2.58. The van der Waals surface area contributed by atoms with E-state index in [1.54, 1.807) is 0 Å². The normalized spacial score (nSPS) is 17.1. The van der Waals surface area contributed by atoms with Gasteiger partial charge in [0.05, 0.1) is 0 Å². The van der Waals surface area contributed by atoms with Gasteiger partial charge < -0.3 is 5.32 Å². The van der Waals surface area contributed by atoms with E-state index >= 15 is 0 Å². The molecule has 1 saturated heterocycles. The minimum absolute atomic E-state index is 0. The van der Waals surface area contributed by atoms with Gasteiger partial charge in [-0.2, -0.15) is 0 Å². The van der Waals surface area contributed by atoms with Crippen LogP contribution >= 0.6 is 28.3 Å². The number of hydrogen-bond acceptors (Lipinski definition) is 2. The summed E-state index contributed by atoms with van der Waals surface area (Å²) in [5.74, 6) is -0.885. The van der Waals surface area contributed by atoms with Crippen LogP contribution in [-0.2, 0) is 0 Å². The molecule has 1 aromatic carbocycles. The van der Waals surface area contributed by atoms with Gasteiger partial charge in [0.25, 0.3) is 0 Å². The highest BCUT2D eigenvalue weighted by Crippen LogP contribution is 2.32. The molecule has 0 spiro atoms. The average Bonchev–Trinajstić information content (AvgIpc) is 2.45. The molecule has 0 saturated carbocycles. The number of unbranched alkanes of at least 4 members (excludes halogenated alkanes) is 2. The van der Waals surface area contributed by atoms with Gasteiger partial charge in [0, 0.05) is 42.3 Å². The van der Waals surface area contributed by atoms with Crippen LogP contribution in [0.5, 0.6) is 0 Å². The molecule has 1 aliphatic rings. The van der Waals surface area contributed by atoms with Crippen molar-refractivity contribution < 1.29 is 8.78 Å². The van der Waals surface area contributed by atoms with E-state index in [0.29, 0.717) is 4.47 Å². The lowest BCUT2D eigenvalue weighted by atomic mass is 9.97. The van der Waals surface area contributed by atoms with E-state index in [4.69, 9.17) is 0 Å². The number of hydrogen-bond donors (Lipinski definition) is 1. The maximum Gasteiger partial charge on any atom is 0.132 e. The molecule has 126 valence electrons. The van der Waals surface area contributed by atoms with Crippen LogP contribution < -0.4 is 5.32 Å². The Kier molecular flexibility index (Phi) is 8.83. The smallest absolute Gasteiger partial charge is 0.132 e. The summed E-state index contributed by atoms with van der Waals surface area (Å²) in [5, 5.41) is 3.29. The van der Waals surface area contributed by atoms with Crippen molar-refractivity contribution in [3.63, 3.8) is 0 Å². The average molecular weight is 398 g/mol. The van der Waals surface area contributed by atoms with Crippen molar-refractivity contribution in [2.75, 3.05) is 26.2 Å². The first-order valence-corrected chi connectivity index (χ1v) is 8.52. The number of piperazine rings is 1. The third kappa shape index (κ3) is 5.15. The number of nitrogens with zero attached hydrogens (tertiary/aromatic N) is 1. The van der Waals surface area contributed by atoms with Crippen molar-refractivity contribution in [1.82, 2.24) is 10.2 Å². The van der Waals surface area contributed by atoms with Crippen LogP contribution in [-0.4, -0.2) is 31.1 Å². The lowest BCUT2D eigenvalue weighted by Gasteiger charge is -2.35. The predicted octanol–water partition coefficient (Wildman–Crippen LogP) is 4.68. The third-order valence-corrected chi connectivity index (χ3v) is 4.51. The van der Waals surface area contributed by atoms with Crippen molar-refractivity contribution >= 4 is 28.3 Å². The molecule has 1 N–H and O–H groups in total. The van der Waals surface area contributed by atoms with E-state index in [2.05, 4.69) is 33.1 Å². The molecule has 0 unspecified atom stereocenters. The van der Waals surface area contributed by atoms with E-state index in [-0.39, 0.29) is 24.0 Å². The molecule has 2 rings (SSSR count). The highest BCUT2D eigenvalue weighted by Gasteiger charge is 2.27. The Balaban J connectivity index is 0.00000242. The molecule has 0 aliphatic carbocycles. The lowest BCUT2D eigenvalue weighted by molar-refractivity contribution is 0.156. The van der Waals surface area contributed by atoms with Gasteiger partial charge >= 0.3 is 0 Å². The monoisotopic (exact) mass is 396 g/mol. The Morgan fingerprint density at radius 3 is 2.32 bits per heavy atom. The summed E-state index contributed by atoms with van der Waals surface area (Å²) in [7, 11) is 0. The van der Waals surface area contributed by atoms with E-state index in [9.17, 15) is 8.78 Å². The molecular weight excluding hydrogens is 374 g/mol. The number of benzene rings is 1. The van der Waals surface area contributed by atoms with Crippen molar-refractivity contribution in [1.29, 1.82) is 0 Å². The summed E-state index contributed by atoms with van der Waals surface area (Å²) in [5.41, 5.74) is 0.233. The minimum Gasteiger partial charge on any atom is -0.314 e.